The van der Waals surface area contributed by atoms with Gasteiger partial charge in [-0.05, 0) is 31.2 Å². The van der Waals surface area contributed by atoms with E-state index in [4.69, 9.17) is 18.9 Å². The van der Waals surface area contributed by atoms with Crippen molar-refractivity contribution in [1.82, 2.24) is 4.90 Å². The smallest absolute Gasteiger partial charge is 0.139 e. The van der Waals surface area contributed by atoms with Crippen molar-refractivity contribution in [3.8, 4) is 0 Å². The number of rotatable bonds is 6. The molecule has 33 heavy (non-hydrogen) atoms. The van der Waals surface area contributed by atoms with Gasteiger partial charge in [0.1, 0.15) is 11.2 Å². The molecule has 0 amide bonds. The fourth-order valence-electron chi connectivity index (χ4n) is 10.5. The van der Waals surface area contributed by atoms with Crippen LogP contribution in [0.5, 0.6) is 0 Å². The molecule has 13 atom stereocenters. The van der Waals surface area contributed by atoms with E-state index in [1.54, 1.807) is 28.4 Å². The fourth-order valence-corrected chi connectivity index (χ4v) is 10.5. The first kappa shape index (κ1) is 22.9. The first-order valence-electron chi connectivity index (χ1n) is 12.4. The summed E-state index contributed by atoms with van der Waals surface area (Å²) in [6, 6.07) is -0.465. The SMILES string of the molecule is CCN1C[C@]2(COC)C=C[C@H](O)[C@]34C1[C@@](O)([C@@H](OC)[C@H]23)[C@]1(O)[C@H]2[C@@H](OC)[C@H](C[C@H]24)C[C@H]1OC. The average molecular weight is 466 g/mol. The molecule has 0 aromatic rings. The first-order valence-corrected chi connectivity index (χ1v) is 12.4. The quantitative estimate of drug-likeness (QED) is 0.473. The van der Waals surface area contributed by atoms with Crippen LogP contribution in [-0.2, 0) is 18.9 Å². The van der Waals surface area contributed by atoms with Crippen molar-refractivity contribution >= 4 is 0 Å². The highest BCUT2D eigenvalue weighted by molar-refractivity contribution is 5.44. The van der Waals surface area contributed by atoms with Gasteiger partial charge >= 0.3 is 0 Å². The number of hydrogen-bond donors (Lipinski definition) is 3. The predicted molar refractivity (Wildman–Crippen MR) is 118 cm³/mol. The maximum Gasteiger partial charge on any atom is 0.139 e. The zero-order valence-corrected chi connectivity index (χ0v) is 20.3. The van der Waals surface area contributed by atoms with E-state index in [2.05, 4.69) is 17.9 Å². The minimum atomic E-state index is -1.64. The normalized spacial score (nSPS) is 60.4. The highest BCUT2D eigenvalue weighted by Gasteiger charge is 2.91. The summed E-state index contributed by atoms with van der Waals surface area (Å²) in [6.07, 6.45) is 3.29. The van der Waals surface area contributed by atoms with Crippen molar-refractivity contribution in [2.24, 2.45) is 34.5 Å². The number of aliphatic hydroxyl groups excluding tert-OH is 1. The highest BCUT2D eigenvalue weighted by Crippen LogP contribution is 2.79. The zero-order chi connectivity index (χ0) is 23.6. The Morgan fingerprint density at radius 2 is 1.79 bits per heavy atom. The molecule has 1 saturated heterocycles. The number of piperidine rings is 1. The maximum atomic E-state index is 13.0. The molecule has 7 bridgehead atoms. The number of aliphatic hydroxyl groups is 3. The van der Waals surface area contributed by atoms with E-state index in [1.165, 1.54) is 0 Å². The number of nitrogens with zero attached hydrogens (tertiary/aromatic N) is 1. The molecule has 186 valence electrons. The Morgan fingerprint density at radius 1 is 1.03 bits per heavy atom. The first-order chi connectivity index (χ1) is 15.8. The van der Waals surface area contributed by atoms with Crippen LogP contribution >= 0.6 is 0 Å². The summed E-state index contributed by atoms with van der Waals surface area (Å²) in [6.45, 7) is 3.92. The van der Waals surface area contributed by atoms with E-state index in [-0.39, 0.29) is 29.8 Å². The molecule has 5 fully saturated rings. The van der Waals surface area contributed by atoms with E-state index >= 15 is 0 Å². The van der Waals surface area contributed by atoms with Gasteiger partial charge in [0.05, 0.1) is 37.1 Å². The third-order valence-corrected chi connectivity index (χ3v) is 11.0. The van der Waals surface area contributed by atoms with E-state index in [9.17, 15) is 15.3 Å². The van der Waals surface area contributed by atoms with Gasteiger partial charge in [-0.15, -0.1) is 0 Å². The summed E-state index contributed by atoms with van der Waals surface area (Å²) in [5, 5.41) is 37.6. The molecule has 1 spiro atoms. The van der Waals surface area contributed by atoms with Crippen molar-refractivity contribution in [3.05, 3.63) is 12.2 Å². The second kappa shape index (κ2) is 7.01. The number of fused-ring (bicyclic) bond motifs is 2. The van der Waals surface area contributed by atoms with Crippen LogP contribution in [0.25, 0.3) is 0 Å². The lowest BCUT2D eigenvalue weighted by Crippen LogP contribution is -2.83. The van der Waals surface area contributed by atoms with Gasteiger partial charge in [-0.25, -0.2) is 0 Å². The van der Waals surface area contributed by atoms with Crippen molar-refractivity contribution in [1.29, 1.82) is 0 Å². The molecule has 4 saturated carbocycles. The minimum Gasteiger partial charge on any atom is -0.388 e. The monoisotopic (exact) mass is 465 g/mol. The van der Waals surface area contributed by atoms with Crippen LogP contribution in [0.2, 0.25) is 0 Å². The summed E-state index contributed by atoms with van der Waals surface area (Å²) < 4.78 is 23.9. The van der Waals surface area contributed by atoms with E-state index < -0.39 is 46.4 Å². The highest BCUT2D eigenvalue weighted by atomic mass is 16.5. The third kappa shape index (κ3) is 2.11. The fraction of sp³-hybridized carbons (Fsp3) is 0.920. The molecule has 3 N–H and O–H groups in total. The summed E-state index contributed by atoms with van der Waals surface area (Å²) in [5.74, 6) is -0.396. The van der Waals surface area contributed by atoms with Crippen molar-refractivity contribution in [2.45, 2.75) is 61.4 Å². The lowest BCUT2D eigenvalue weighted by molar-refractivity contribution is -0.330. The van der Waals surface area contributed by atoms with Gasteiger partial charge in [-0.2, -0.15) is 0 Å². The molecule has 1 heterocycles. The molecule has 5 aliphatic carbocycles. The third-order valence-electron chi connectivity index (χ3n) is 11.0. The molecular formula is C25H39NO7. The van der Waals surface area contributed by atoms with E-state index in [1.807, 2.05) is 6.08 Å². The largest absolute Gasteiger partial charge is 0.388 e. The Labute approximate surface area is 195 Å². The summed E-state index contributed by atoms with van der Waals surface area (Å²) in [5.41, 5.74) is -4.32. The van der Waals surface area contributed by atoms with Crippen molar-refractivity contribution in [2.75, 3.05) is 48.1 Å². The summed E-state index contributed by atoms with van der Waals surface area (Å²) in [4.78, 5) is 2.27. The van der Waals surface area contributed by atoms with Gasteiger partial charge in [0.15, 0.2) is 0 Å². The second-order valence-corrected chi connectivity index (χ2v) is 11.5. The van der Waals surface area contributed by atoms with Crippen LogP contribution < -0.4 is 0 Å². The number of ether oxygens (including phenoxy) is 4. The van der Waals surface area contributed by atoms with E-state index in [0.29, 0.717) is 26.1 Å². The molecule has 8 nitrogen and oxygen atoms in total. The van der Waals surface area contributed by atoms with Gasteiger partial charge in [-0.3, -0.25) is 4.90 Å². The Kier molecular flexibility index (Phi) is 4.85. The van der Waals surface area contributed by atoms with Crippen LogP contribution in [0.15, 0.2) is 12.2 Å². The van der Waals surface area contributed by atoms with Gasteiger partial charge in [0.25, 0.3) is 0 Å². The molecule has 1 unspecified atom stereocenters. The van der Waals surface area contributed by atoms with Crippen LogP contribution in [0.1, 0.15) is 19.8 Å². The standard InChI is InChI=1S/C25H39NO7/c1-6-26-11-22(12-30-2)8-7-15(27)23-14-9-13-10-16(31-3)24(28,17(14)18(13)32-4)25(29,21(23)26)20(33-5)19(22)23/h7-8,13-21,27-29H,6,9-12H2,1-5H3/t13-,14-,15+,16-,17-,18+,19-,20+,21?,22+,23+,24-,25+/m1/s1. The molecule has 0 aromatic heterocycles. The molecule has 6 rings (SSSR count). The average Bonchev–Trinajstić information content (AvgIpc) is 3.21. The Bertz CT molecular complexity index is 855. The van der Waals surface area contributed by atoms with E-state index in [0.717, 1.165) is 6.42 Å². The predicted octanol–water partition coefficient (Wildman–Crippen LogP) is 0.0470. The van der Waals surface area contributed by atoms with Gasteiger partial charge in [0, 0.05) is 57.6 Å². The van der Waals surface area contributed by atoms with Crippen LogP contribution in [0.4, 0.5) is 0 Å². The topological polar surface area (TPSA) is 101 Å². The molecular weight excluding hydrogens is 426 g/mol. The zero-order valence-electron chi connectivity index (χ0n) is 20.3. The van der Waals surface area contributed by atoms with Crippen LogP contribution in [0, 0.1) is 34.5 Å². The lowest BCUT2D eigenvalue weighted by atomic mass is 9.44. The molecule has 0 radical (unpaired) electrons. The minimum absolute atomic E-state index is 0.0430. The Hall–Kier alpha value is -0.580. The van der Waals surface area contributed by atoms with Crippen molar-refractivity contribution < 1.29 is 34.3 Å². The Balaban J connectivity index is 1.70. The van der Waals surface area contributed by atoms with Gasteiger partial charge < -0.3 is 34.3 Å². The number of methoxy groups -OCH3 is 4. The number of likely N-dealkylation sites (N-methyl/N-ethyl adjacent to an activating group) is 1. The molecule has 0 aromatic carbocycles. The molecule has 6 aliphatic rings. The van der Waals surface area contributed by atoms with Crippen molar-refractivity contribution in [3.63, 3.8) is 0 Å². The summed E-state index contributed by atoms with van der Waals surface area (Å²) in [7, 11) is 6.65. The number of hydrogen-bond acceptors (Lipinski definition) is 8. The second-order valence-electron chi connectivity index (χ2n) is 11.5. The Morgan fingerprint density at radius 3 is 2.39 bits per heavy atom. The molecule has 8 heteroatoms. The molecule has 1 aliphatic heterocycles. The van der Waals surface area contributed by atoms with Crippen LogP contribution in [-0.4, -0.2) is 110 Å². The summed E-state index contributed by atoms with van der Waals surface area (Å²) >= 11 is 0. The van der Waals surface area contributed by atoms with Gasteiger partial charge in [0.2, 0.25) is 0 Å². The number of likely N-dealkylation sites (tertiary alicyclic amines) is 1. The maximum absolute atomic E-state index is 13.0. The lowest BCUT2D eigenvalue weighted by Gasteiger charge is -2.69. The van der Waals surface area contributed by atoms with Crippen LogP contribution in [0.3, 0.4) is 0 Å². The van der Waals surface area contributed by atoms with Gasteiger partial charge in [-0.1, -0.05) is 19.1 Å².